The lowest BCUT2D eigenvalue weighted by molar-refractivity contribution is -0.896. The van der Waals surface area contributed by atoms with Gasteiger partial charge in [0, 0.05) is 30.1 Å². The molecule has 1 aromatic heterocycles. The molecular formula is C24H37N4OS+. The fourth-order valence-electron chi connectivity index (χ4n) is 4.49. The van der Waals surface area contributed by atoms with Crippen molar-refractivity contribution in [3.63, 3.8) is 0 Å². The lowest BCUT2D eigenvalue weighted by Crippen LogP contribution is -3.11. The Morgan fingerprint density at radius 3 is 2.67 bits per heavy atom. The molecule has 1 aromatic carbocycles. The number of hydrogen-bond donors (Lipinski definition) is 3. The normalized spacial score (nSPS) is 14.5. The average molecular weight is 430 g/mol. The second-order valence-corrected chi connectivity index (χ2v) is 8.96. The van der Waals surface area contributed by atoms with Crippen molar-refractivity contribution < 1.29 is 4.90 Å². The summed E-state index contributed by atoms with van der Waals surface area (Å²) in [6.45, 7) is 11.5. The fourth-order valence-corrected chi connectivity index (χ4v) is 4.81. The van der Waals surface area contributed by atoms with Gasteiger partial charge in [-0.3, -0.25) is 4.79 Å². The number of nitrogens with one attached hydrogen (secondary N) is 3. The first-order valence-electron chi connectivity index (χ1n) is 11.5. The predicted molar refractivity (Wildman–Crippen MR) is 129 cm³/mol. The van der Waals surface area contributed by atoms with Crippen LogP contribution in [0.5, 0.6) is 0 Å². The van der Waals surface area contributed by atoms with Gasteiger partial charge < -0.3 is 20.1 Å². The molecule has 30 heavy (non-hydrogen) atoms. The number of fused-ring (bicyclic) bond motifs is 1. The molecule has 1 heterocycles. The highest BCUT2D eigenvalue weighted by atomic mass is 32.1. The molecule has 3 N–H and O–H groups in total. The van der Waals surface area contributed by atoms with E-state index in [0.717, 1.165) is 53.9 Å². The maximum atomic E-state index is 12.7. The Balaban J connectivity index is 1.71. The van der Waals surface area contributed by atoms with Gasteiger partial charge in [0.25, 0.3) is 5.56 Å². The lowest BCUT2D eigenvalue weighted by Gasteiger charge is -2.31. The van der Waals surface area contributed by atoms with Crippen molar-refractivity contribution in [2.45, 2.75) is 65.5 Å². The van der Waals surface area contributed by atoms with Crippen LogP contribution >= 0.6 is 12.2 Å². The first-order chi connectivity index (χ1) is 14.5. The van der Waals surface area contributed by atoms with Crippen molar-refractivity contribution in [2.75, 3.05) is 26.2 Å². The summed E-state index contributed by atoms with van der Waals surface area (Å²) < 4.78 is 0. The highest BCUT2D eigenvalue weighted by Gasteiger charge is 2.25. The summed E-state index contributed by atoms with van der Waals surface area (Å²) in [5.41, 5.74) is 2.86. The third-order valence-electron chi connectivity index (χ3n) is 6.43. The van der Waals surface area contributed by atoms with Crippen molar-refractivity contribution >= 4 is 28.2 Å². The lowest BCUT2D eigenvalue weighted by atomic mass is 10.1. The number of aromatic nitrogens is 1. The molecule has 6 heteroatoms. The summed E-state index contributed by atoms with van der Waals surface area (Å²) in [6.07, 6.45) is 5.88. The monoisotopic (exact) mass is 429 g/mol. The summed E-state index contributed by atoms with van der Waals surface area (Å²) in [5.74, 6) is 0. The van der Waals surface area contributed by atoms with Gasteiger partial charge in [0.1, 0.15) is 0 Å². The largest absolute Gasteiger partial charge is 0.362 e. The van der Waals surface area contributed by atoms with Crippen molar-refractivity contribution in [3.8, 4) is 0 Å². The number of thiocarbonyl (C=S) groups is 1. The minimum Gasteiger partial charge on any atom is -0.362 e. The summed E-state index contributed by atoms with van der Waals surface area (Å²) in [6, 6.07) is 8.60. The Hall–Kier alpha value is -1.92. The number of aryl methyl sites for hydroxylation is 1. The van der Waals surface area contributed by atoms with E-state index in [2.05, 4.69) is 42.0 Å². The first-order valence-corrected chi connectivity index (χ1v) is 11.9. The Bertz CT molecular complexity index is 900. The number of aromatic amines is 1. The number of hydrogen-bond acceptors (Lipinski definition) is 2. The van der Waals surface area contributed by atoms with Crippen LogP contribution in [0.25, 0.3) is 10.9 Å². The molecular weight excluding hydrogens is 392 g/mol. The molecule has 0 bridgehead atoms. The molecule has 0 spiro atoms. The van der Waals surface area contributed by atoms with E-state index in [1.165, 1.54) is 31.5 Å². The minimum absolute atomic E-state index is 0.0118. The van der Waals surface area contributed by atoms with E-state index in [-0.39, 0.29) is 5.56 Å². The molecule has 3 rings (SSSR count). The summed E-state index contributed by atoms with van der Waals surface area (Å²) >= 11 is 5.80. The zero-order valence-corrected chi connectivity index (χ0v) is 19.5. The van der Waals surface area contributed by atoms with Gasteiger partial charge in [0.05, 0.1) is 26.2 Å². The van der Waals surface area contributed by atoms with E-state index in [0.29, 0.717) is 12.6 Å². The molecule has 1 aliphatic rings. The highest BCUT2D eigenvalue weighted by molar-refractivity contribution is 7.80. The Labute approximate surface area is 185 Å². The van der Waals surface area contributed by atoms with E-state index < -0.39 is 0 Å². The fraction of sp³-hybridized carbons (Fsp3) is 0.583. The van der Waals surface area contributed by atoms with Gasteiger partial charge >= 0.3 is 0 Å². The summed E-state index contributed by atoms with van der Waals surface area (Å²) in [4.78, 5) is 19.7. The van der Waals surface area contributed by atoms with Crippen molar-refractivity contribution in [3.05, 3.63) is 45.7 Å². The number of pyridine rings is 1. The van der Waals surface area contributed by atoms with E-state index in [1.807, 2.05) is 18.2 Å². The Morgan fingerprint density at radius 1 is 1.23 bits per heavy atom. The summed E-state index contributed by atoms with van der Waals surface area (Å²) in [7, 11) is 0. The van der Waals surface area contributed by atoms with Crippen molar-refractivity contribution in [1.29, 1.82) is 0 Å². The van der Waals surface area contributed by atoms with Gasteiger partial charge in [-0.15, -0.1) is 0 Å². The first kappa shape index (κ1) is 22.8. The van der Waals surface area contributed by atoms with Crippen LogP contribution in [0.4, 0.5) is 0 Å². The molecule has 0 saturated heterocycles. The Kier molecular flexibility index (Phi) is 8.28. The van der Waals surface area contributed by atoms with Crippen LogP contribution in [0.1, 0.15) is 57.1 Å². The molecule has 0 atom stereocenters. The quantitative estimate of drug-likeness (QED) is 0.424. The van der Waals surface area contributed by atoms with Crippen LogP contribution in [0.2, 0.25) is 0 Å². The average Bonchev–Trinajstić information content (AvgIpc) is 3.27. The van der Waals surface area contributed by atoms with Crippen LogP contribution < -0.4 is 15.8 Å². The molecule has 5 nitrogen and oxygen atoms in total. The van der Waals surface area contributed by atoms with E-state index in [9.17, 15) is 4.79 Å². The molecule has 0 amide bonds. The van der Waals surface area contributed by atoms with Gasteiger partial charge in [-0.25, -0.2) is 0 Å². The SMILES string of the molecule is CC[NH+](CC)CCCNC(=S)N(Cc1cc2cc(C)ccc2[nH]c1=O)C1CCCC1. The van der Waals surface area contributed by atoms with Gasteiger partial charge in [-0.2, -0.15) is 0 Å². The van der Waals surface area contributed by atoms with E-state index >= 15 is 0 Å². The second-order valence-electron chi connectivity index (χ2n) is 8.57. The standard InChI is InChI=1S/C24H36N4OS/c1-4-27(5-2)14-8-13-25-24(30)28(21-9-6-7-10-21)17-20-16-19-15-18(3)11-12-22(19)26-23(20)29/h11-12,15-16,21H,4-10,13-14,17H2,1-3H3,(H,25,30)(H,26,29)/p+1. The minimum atomic E-state index is -0.0118. The smallest absolute Gasteiger partial charge is 0.253 e. The summed E-state index contributed by atoms with van der Waals surface area (Å²) in [5, 5.41) is 5.35. The van der Waals surface area contributed by atoms with E-state index in [4.69, 9.17) is 12.2 Å². The number of quaternary nitrogens is 1. The number of H-pyrrole nitrogens is 1. The number of benzene rings is 1. The van der Waals surface area contributed by atoms with Gasteiger partial charge in [0.2, 0.25) is 0 Å². The number of nitrogens with zero attached hydrogens (tertiary/aromatic N) is 1. The van der Waals surface area contributed by atoms with Crippen LogP contribution in [0.3, 0.4) is 0 Å². The van der Waals surface area contributed by atoms with Crippen molar-refractivity contribution in [1.82, 2.24) is 15.2 Å². The topological polar surface area (TPSA) is 52.6 Å². The molecule has 0 aliphatic heterocycles. The predicted octanol–water partition coefficient (Wildman–Crippen LogP) is 2.77. The van der Waals surface area contributed by atoms with Crippen molar-refractivity contribution in [2.24, 2.45) is 0 Å². The molecule has 1 fully saturated rings. The van der Waals surface area contributed by atoms with Gasteiger partial charge in [-0.1, -0.05) is 24.5 Å². The molecule has 1 saturated carbocycles. The number of rotatable bonds is 9. The zero-order chi connectivity index (χ0) is 21.5. The van der Waals surface area contributed by atoms with E-state index in [1.54, 1.807) is 4.90 Å². The third kappa shape index (κ3) is 5.82. The van der Waals surface area contributed by atoms with Crippen LogP contribution in [-0.2, 0) is 6.54 Å². The maximum absolute atomic E-state index is 12.7. The molecule has 2 aromatic rings. The van der Waals surface area contributed by atoms with Crippen LogP contribution in [0, 0.1) is 6.92 Å². The zero-order valence-electron chi connectivity index (χ0n) is 18.7. The van der Waals surface area contributed by atoms with Gasteiger partial charge in [-0.05, 0) is 69.4 Å². The molecule has 1 aliphatic carbocycles. The highest BCUT2D eigenvalue weighted by Crippen LogP contribution is 2.25. The maximum Gasteiger partial charge on any atom is 0.253 e. The van der Waals surface area contributed by atoms with Gasteiger partial charge in [0.15, 0.2) is 5.11 Å². The second kappa shape index (κ2) is 10.9. The van der Waals surface area contributed by atoms with Crippen LogP contribution in [-0.4, -0.2) is 47.2 Å². The molecule has 164 valence electrons. The Morgan fingerprint density at radius 2 is 1.97 bits per heavy atom. The van der Waals surface area contributed by atoms with Crippen LogP contribution in [0.15, 0.2) is 29.1 Å². The third-order valence-corrected chi connectivity index (χ3v) is 6.81. The molecule has 0 unspecified atom stereocenters. The molecule has 0 radical (unpaired) electrons.